The van der Waals surface area contributed by atoms with Crippen LogP contribution in [0.2, 0.25) is 0 Å². The second-order valence-electron chi connectivity index (χ2n) is 8.79. The largest absolute Gasteiger partial charge is 0.497 e. The third kappa shape index (κ3) is 6.23. The Balaban J connectivity index is 1.73. The average Bonchev–Trinajstić information content (AvgIpc) is 2.90. The van der Waals surface area contributed by atoms with Gasteiger partial charge in [0.25, 0.3) is 5.91 Å². The van der Waals surface area contributed by atoms with E-state index in [1.165, 1.54) is 23.5 Å². The zero-order valence-corrected chi connectivity index (χ0v) is 19.8. The maximum atomic E-state index is 13.8. The Hall–Kier alpha value is -3.74. The van der Waals surface area contributed by atoms with E-state index in [1.54, 1.807) is 67.9 Å². The van der Waals surface area contributed by atoms with Crippen LogP contribution >= 0.6 is 0 Å². The number of ether oxygens (including phenoxy) is 1. The first kappa shape index (κ1) is 24.4. The van der Waals surface area contributed by atoms with Gasteiger partial charge >= 0.3 is 0 Å². The van der Waals surface area contributed by atoms with E-state index in [2.05, 4.69) is 10.3 Å². The SMILES string of the molecule is COc1ccc(C(C(=O)NC2CCCCC2)N(Cc2ccc(F)cc2)C(=O)c2ccccn2)cc1. The molecule has 0 bridgehead atoms. The van der Waals surface area contributed by atoms with Crippen molar-refractivity contribution in [2.75, 3.05) is 7.11 Å². The van der Waals surface area contributed by atoms with Crippen molar-refractivity contribution in [1.29, 1.82) is 0 Å². The van der Waals surface area contributed by atoms with Crippen molar-refractivity contribution < 1.29 is 18.7 Å². The highest BCUT2D eigenvalue weighted by atomic mass is 19.1. The molecular weight excluding hydrogens is 445 g/mol. The Labute approximate surface area is 205 Å². The van der Waals surface area contributed by atoms with Crippen LogP contribution in [-0.4, -0.2) is 34.8 Å². The Morgan fingerprint density at radius 2 is 1.74 bits per heavy atom. The predicted octanol–water partition coefficient (Wildman–Crippen LogP) is 5.06. The Morgan fingerprint density at radius 1 is 1.03 bits per heavy atom. The molecule has 1 atom stereocenters. The van der Waals surface area contributed by atoms with Gasteiger partial charge in [-0.15, -0.1) is 0 Å². The van der Waals surface area contributed by atoms with Crippen molar-refractivity contribution in [3.05, 3.63) is 95.6 Å². The van der Waals surface area contributed by atoms with Crippen molar-refractivity contribution >= 4 is 11.8 Å². The van der Waals surface area contributed by atoms with Crippen molar-refractivity contribution in [3.63, 3.8) is 0 Å². The highest BCUT2D eigenvalue weighted by Crippen LogP contribution is 2.28. The highest BCUT2D eigenvalue weighted by molar-refractivity contribution is 5.96. The number of aromatic nitrogens is 1. The summed E-state index contributed by atoms with van der Waals surface area (Å²) in [6, 6.07) is 17.4. The Kier molecular flexibility index (Phi) is 8.08. The van der Waals surface area contributed by atoms with E-state index < -0.39 is 6.04 Å². The van der Waals surface area contributed by atoms with Crippen LogP contribution < -0.4 is 10.1 Å². The van der Waals surface area contributed by atoms with Gasteiger partial charge in [0.1, 0.15) is 23.3 Å². The number of nitrogens with zero attached hydrogens (tertiary/aromatic N) is 2. The molecular formula is C28H30FN3O3. The fourth-order valence-corrected chi connectivity index (χ4v) is 4.49. The molecule has 4 rings (SSSR count). The summed E-state index contributed by atoms with van der Waals surface area (Å²) in [5, 5.41) is 3.18. The van der Waals surface area contributed by atoms with Gasteiger partial charge in [0.05, 0.1) is 7.11 Å². The standard InChI is InChI=1S/C28H30FN3O3/c1-35-24-16-12-21(13-17-24)26(27(33)31-23-7-3-2-4-8-23)32(19-20-10-14-22(29)15-11-20)28(34)25-9-5-6-18-30-25/h5-6,9-18,23,26H,2-4,7-8,19H2,1H3,(H,31,33). The van der Waals surface area contributed by atoms with E-state index in [9.17, 15) is 14.0 Å². The quantitative estimate of drug-likeness (QED) is 0.494. The fourth-order valence-electron chi connectivity index (χ4n) is 4.49. The number of carbonyl (C=O) groups excluding carboxylic acids is 2. The minimum atomic E-state index is -0.901. The molecule has 35 heavy (non-hydrogen) atoms. The van der Waals surface area contributed by atoms with Crippen LogP contribution in [0.4, 0.5) is 4.39 Å². The maximum absolute atomic E-state index is 13.8. The van der Waals surface area contributed by atoms with E-state index in [1.807, 2.05) is 0 Å². The van der Waals surface area contributed by atoms with Crippen molar-refractivity contribution in [2.45, 2.75) is 50.7 Å². The lowest BCUT2D eigenvalue weighted by Gasteiger charge is -2.33. The molecule has 6 nitrogen and oxygen atoms in total. The van der Waals surface area contributed by atoms with Gasteiger partial charge in [0.2, 0.25) is 5.91 Å². The van der Waals surface area contributed by atoms with Crippen LogP contribution in [0.1, 0.15) is 59.8 Å². The van der Waals surface area contributed by atoms with Gasteiger partial charge in [0.15, 0.2) is 0 Å². The number of pyridine rings is 1. The summed E-state index contributed by atoms with van der Waals surface area (Å²) >= 11 is 0. The van der Waals surface area contributed by atoms with Gasteiger partial charge in [-0.3, -0.25) is 14.6 Å². The number of hydrogen-bond acceptors (Lipinski definition) is 4. The third-order valence-electron chi connectivity index (χ3n) is 6.35. The van der Waals surface area contributed by atoms with Crippen molar-refractivity contribution in [1.82, 2.24) is 15.2 Å². The van der Waals surface area contributed by atoms with Crippen LogP contribution in [0.15, 0.2) is 72.9 Å². The van der Waals surface area contributed by atoms with E-state index in [4.69, 9.17) is 4.74 Å². The van der Waals surface area contributed by atoms with Crippen LogP contribution in [0, 0.1) is 5.82 Å². The summed E-state index contributed by atoms with van der Waals surface area (Å²) in [5.74, 6) is -0.331. The Morgan fingerprint density at radius 3 is 2.37 bits per heavy atom. The summed E-state index contributed by atoms with van der Waals surface area (Å²) in [6.45, 7) is 0.116. The molecule has 0 aliphatic heterocycles. The number of halogens is 1. The molecule has 0 spiro atoms. The van der Waals surface area contributed by atoms with Crippen LogP contribution in [0.5, 0.6) is 5.75 Å². The molecule has 1 fully saturated rings. The first-order chi connectivity index (χ1) is 17.0. The number of methoxy groups -OCH3 is 1. The molecule has 1 aliphatic rings. The summed E-state index contributed by atoms with van der Waals surface area (Å²) < 4.78 is 18.9. The molecule has 1 heterocycles. The monoisotopic (exact) mass is 475 g/mol. The van der Waals surface area contributed by atoms with Crippen LogP contribution in [0.25, 0.3) is 0 Å². The van der Waals surface area contributed by atoms with E-state index >= 15 is 0 Å². The zero-order chi connectivity index (χ0) is 24.6. The number of hydrogen-bond donors (Lipinski definition) is 1. The number of nitrogens with one attached hydrogen (secondary N) is 1. The molecule has 0 saturated heterocycles. The molecule has 0 radical (unpaired) electrons. The third-order valence-corrected chi connectivity index (χ3v) is 6.35. The van der Waals surface area contributed by atoms with E-state index in [0.29, 0.717) is 16.9 Å². The summed E-state index contributed by atoms with van der Waals surface area (Å²) in [4.78, 5) is 33.2. The van der Waals surface area contributed by atoms with Gasteiger partial charge < -0.3 is 15.0 Å². The number of amides is 2. The molecule has 1 aliphatic carbocycles. The molecule has 182 valence electrons. The first-order valence-corrected chi connectivity index (χ1v) is 12.0. The topological polar surface area (TPSA) is 71.5 Å². The fraction of sp³-hybridized carbons (Fsp3) is 0.321. The van der Waals surface area contributed by atoms with Gasteiger partial charge in [-0.1, -0.05) is 49.6 Å². The molecule has 2 amide bonds. The van der Waals surface area contributed by atoms with Crippen LogP contribution in [0.3, 0.4) is 0 Å². The molecule has 1 N–H and O–H groups in total. The van der Waals surface area contributed by atoms with Gasteiger partial charge in [-0.25, -0.2) is 4.39 Å². The number of benzene rings is 2. The van der Waals surface area contributed by atoms with Crippen LogP contribution in [-0.2, 0) is 11.3 Å². The highest BCUT2D eigenvalue weighted by Gasteiger charge is 2.34. The summed E-state index contributed by atoms with van der Waals surface area (Å²) in [7, 11) is 1.58. The lowest BCUT2D eigenvalue weighted by molar-refractivity contribution is -0.127. The van der Waals surface area contributed by atoms with Gasteiger partial charge in [0, 0.05) is 18.8 Å². The van der Waals surface area contributed by atoms with Gasteiger partial charge in [-0.2, -0.15) is 0 Å². The predicted molar refractivity (Wildman–Crippen MR) is 131 cm³/mol. The summed E-state index contributed by atoms with van der Waals surface area (Å²) in [6.07, 6.45) is 6.71. The molecule has 3 aromatic rings. The lowest BCUT2D eigenvalue weighted by atomic mass is 9.94. The normalized spacial score (nSPS) is 14.7. The lowest BCUT2D eigenvalue weighted by Crippen LogP contribution is -2.47. The molecule has 1 saturated carbocycles. The maximum Gasteiger partial charge on any atom is 0.273 e. The average molecular weight is 476 g/mol. The zero-order valence-electron chi connectivity index (χ0n) is 19.8. The second kappa shape index (κ2) is 11.6. The molecule has 1 unspecified atom stereocenters. The minimum Gasteiger partial charge on any atom is -0.497 e. The Bertz CT molecular complexity index is 1110. The van der Waals surface area contributed by atoms with Gasteiger partial charge in [-0.05, 0) is 60.4 Å². The molecule has 1 aromatic heterocycles. The molecule has 7 heteroatoms. The second-order valence-corrected chi connectivity index (χ2v) is 8.79. The number of rotatable bonds is 8. The van der Waals surface area contributed by atoms with Crippen molar-refractivity contribution in [2.24, 2.45) is 0 Å². The number of carbonyl (C=O) groups is 2. The van der Waals surface area contributed by atoms with E-state index in [0.717, 1.165) is 25.7 Å². The first-order valence-electron chi connectivity index (χ1n) is 12.0. The molecule has 2 aromatic carbocycles. The summed E-state index contributed by atoms with van der Waals surface area (Å²) in [5.41, 5.74) is 1.60. The minimum absolute atomic E-state index is 0.0784. The van der Waals surface area contributed by atoms with Crippen molar-refractivity contribution in [3.8, 4) is 5.75 Å². The van der Waals surface area contributed by atoms with E-state index in [-0.39, 0.29) is 35.9 Å². The smallest absolute Gasteiger partial charge is 0.273 e.